The second-order valence-corrected chi connectivity index (χ2v) is 5.57. The van der Waals surface area contributed by atoms with E-state index in [0.29, 0.717) is 11.4 Å². The highest BCUT2D eigenvalue weighted by Gasteiger charge is 2.13. The Kier molecular flexibility index (Phi) is 5.96. The average Bonchev–Trinajstić information content (AvgIpc) is 2.77. The number of hydrogen-bond donors (Lipinski definition) is 1. The first-order valence-corrected chi connectivity index (χ1v) is 8.22. The minimum absolute atomic E-state index is 0.0325. The van der Waals surface area contributed by atoms with Gasteiger partial charge in [-0.25, -0.2) is 10.3 Å². The number of nitro benzene ring substituents is 1. The maximum Gasteiger partial charge on any atom is 0.363 e. The van der Waals surface area contributed by atoms with E-state index in [1.165, 1.54) is 30.5 Å². The number of carbonyl (C=O) groups excluding carboxylic acids is 2. The van der Waals surface area contributed by atoms with Crippen molar-refractivity contribution in [3.05, 3.63) is 94.3 Å². The van der Waals surface area contributed by atoms with Crippen LogP contribution in [0.25, 0.3) is 0 Å². The van der Waals surface area contributed by atoms with Crippen LogP contribution in [0.1, 0.15) is 20.8 Å². The molecule has 0 aliphatic heterocycles. The summed E-state index contributed by atoms with van der Waals surface area (Å²) in [6.07, 6.45) is 1.48. The Balaban J connectivity index is 1.57. The maximum atomic E-state index is 12.0. The Bertz CT molecular complexity index is 1070. The largest absolute Gasteiger partial charge is 0.363 e. The molecule has 1 aromatic heterocycles. The summed E-state index contributed by atoms with van der Waals surface area (Å²) in [5, 5.41) is 18.2. The van der Waals surface area contributed by atoms with E-state index in [0.717, 1.165) is 6.07 Å². The zero-order valence-corrected chi connectivity index (χ0v) is 14.8. The van der Waals surface area contributed by atoms with Crippen molar-refractivity contribution in [3.8, 4) is 0 Å². The van der Waals surface area contributed by atoms with Gasteiger partial charge in [0, 0.05) is 18.3 Å². The maximum absolute atomic E-state index is 12.0. The summed E-state index contributed by atoms with van der Waals surface area (Å²) in [5.74, 6) is -1.35. The lowest BCUT2D eigenvalue weighted by atomic mass is 10.2. The van der Waals surface area contributed by atoms with Crippen LogP contribution in [0, 0.1) is 10.1 Å². The molecule has 3 aromatic rings. The summed E-state index contributed by atoms with van der Waals surface area (Å²) in [7, 11) is 0. The van der Waals surface area contributed by atoms with E-state index in [1.54, 1.807) is 36.4 Å². The molecule has 0 bridgehead atoms. The number of non-ortho nitro benzene ring substituents is 1. The molecular formula is C19H13N5O5. The summed E-state index contributed by atoms with van der Waals surface area (Å²) >= 11 is 0. The van der Waals surface area contributed by atoms with E-state index in [2.05, 4.69) is 20.7 Å². The van der Waals surface area contributed by atoms with E-state index in [4.69, 9.17) is 4.84 Å². The number of carbonyl (C=O) groups is 2. The second kappa shape index (κ2) is 8.95. The molecule has 10 heteroatoms. The van der Waals surface area contributed by atoms with Crippen molar-refractivity contribution in [2.45, 2.75) is 0 Å². The van der Waals surface area contributed by atoms with Gasteiger partial charge in [-0.3, -0.25) is 19.9 Å². The molecule has 0 saturated heterocycles. The van der Waals surface area contributed by atoms with Gasteiger partial charge in [-0.2, -0.15) is 0 Å². The Hall–Kier alpha value is -4.47. The van der Waals surface area contributed by atoms with Crippen LogP contribution in [-0.4, -0.2) is 21.8 Å². The topological polar surface area (TPSA) is 136 Å². The number of nitrogens with zero attached hydrogens (tertiary/aromatic N) is 4. The number of amides is 1. The number of aromatic nitrogens is 1. The molecule has 144 valence electrons. The molecule has 1 N–H and O–H groups in total. The van der Waals surface area contributed by atoms with Crippen molar-refractivity contribution >= 4 is 28.9 Å². The minimum Gasteiger partial charge on any atom is -0.338 e. The SMILES string of the molecule is O=C(ONc1ccc(N=NC(=O)c2ccccn2)cc1)c1cccc([N+](=O)[O-])c1. The third kappa shape index (κ3) is 5.26. The van der Waals surface area contributed by atoms with Crippen molar-refractivity contribution in [2.75, 3.05) is 5.48 Å². The number of pyridine rings is 1. The number of azo groups is 1. The van der Waals surface area contributed by atoms with Gasteiger partial charge in [0.2, 0.25) is 0 Å². The highest BCUT2D eigenvalue weighted by atomic mass is 16.7. The molecule has 29 heavy (non-hydrogen) atoms. The third-order valence-corrected chi connectivity index (χ3v) is 3.56. The zero-order chi connectivity index (χ0) is 20.6. The number of anilines is 1. The monoisotopic (exact) mass is 391 g/mol. The van der Waals surface area contributed by atoms with Crippen LogP contribution in [0.5, 0.6) is 0 Å². The fraction of sp³-hybridized carbons (Fsp3) is 0. The van der Waals surface area contributed by atoms with Crippen LogP contribution >= 0.6 is 0 Å². The molecule has 1 amide bonds. The molecule has 0 radical (unpaired) electrons. The molecule has 0 atom stereocenters. The van der Waals surface area contributed by atoms with Crippen molar-refractivity contribution in [3.63, 3.8) is 0 Å². The highest BCUT2D eigenvalue weighted by molar-refractivity contribution is 5.92. The number of benzene rings is 2. The van der Waals surface area contributed by atoms with Crippen molar-refractivity contribution < 1.29 is 19.3 Å². The van der Waals surface area contributed by atoms with Crippen LogP contribution in [0.15, 0.2) is 83.2 Å². The zero-order valence-electron chi connectivity index (χ0n) is 14.8. The van der Waals surface area contributed by atoms with Crippen LogP contribution in [0.4, 0.5) is 17.1 Å². The van der Waals surface area contributed by atoms with Crippen LogP contribution in [-0.2, 0) is 4.84 Å². The molecule has 0 unspecified atom stereocenters. The third-order valence-electron chi connectivity index (χ3n) is 3.56. The fourth-order valence-electron chi connectivity index (χ4n) is 2.15. The lowest BCUT2D eigenvalue weighted by Gasteiger charge is -2.06. The Labute approximate surface area is 164 Å². The van der Waals surface area contributed by atoms with Crippen LogP contribution in [0.3, 0.4) is 0 Å². The predicted molar refractivity (Wildman–Crippen MR) is 102 cm³/mol. The first-order valence-electron chi connectivity index (χ1n) is 8.22. The van der Waals surface area contributed by atoms with E-state index in [1.807, 2.05) is 0 Å². The molecule has 0 spiro atoms. The van der Waals surface area contributed by atoms with Gasteiger partial charge in [-0.05, 0) is 42.5 Å². The van der Waals surface area contributed by atoms with Gasteiger partial charge < -0.3 is 4.84 Å². The van der Waals surface area contributed by atoms with E-state index in [-0.39, 0.29) is 16.9 Å². The second-order valence-electron chi connectivity index (χ2n) is 5.57. The van der Waals surface area contributed by atoms with Crippen molar-refractivity contribution in [1.29, 1.82) is 0 Å². The van der Waals surface area contributed by atoms with Crippen molar-refractivity contribution in [2.24, 2.45) is 10.2 Å². The first kappa shape index (κ1) is 19.3. The van der Waals surface area contributed by atoms with Gasteiger partial charge in [0.1, 0.15) is 5.69 Å². The normalized spacial score (nSPS) is 10.5. The predicted octanol–water partition coefficient (Wildman–Crippen LogP) is 4.10. The quantitative estimate of drug-likeness (QED) is 0.379. The first-order chi connectivity index (χ1) is 14.0. The van der Waals surface area contributed by atoms with Gasteiger partial charge in [0.05, 0.1) is 21.9 Å². The number of hydrogen-bond acceptors (Lipinski definition) is 8. The molecular weight excluding hydrogens is 378 g/mol. The lowest BCUT2D eigenvalue weighted by Crippen LogP contribution is -2.10. The molecule has 3 rings (SSSR count). The molecule has 0 aliphatic carbocycles. The number of rotatable bonds is 6. The minimum atomic E-state index is -0.779. The van der Waals surface area contributed by atoms with Gasteiger partial charge in [0.15, 0.2) is 0 Å². The molecule has 0 fully saturated rings. The smallest absolute Gasteiger partial charge is 0.338 e. The summed E-state index contributed by atoms with van der Waals surface area (Å²) in [6, 6.07) is 16.3. The molecule has 0 saturated carbocycles. The van der Waals surface area contributed by atoms with E-state index >= 15 is 0 Å². The Morgan fingerprint density at radius 1 is 1.03 bits per heavy atom. The van der Waals surface area contributed by atoms with Gasteiger partial charge in [0.25, 0.3) is 5.69 Å². The van der Waals surface area contributed by atoms with Gasteiger partial charge >= 0.3 is 11.9 Å². The van der Waals surface area contributed by atoms with Crippen LogP contribution in [0.2, 0.25) is 0 Å². The Morgan fingerprint density at radius 3 is 2.52 bits per heavy atom. The number of nitrogens with one attached hydrogen (secondary N) is 1. The molecule has 1 heterocycles. The summed E-state index contributed by atoms with van der Waals surface area (Å²) in [6.45, 7) is 0. The van der Waals surface area contributed by atoms with Gasteiger partial charge in [-0.15, -0.1) is 10.2 Å². The lowest BCUT2D eigenvalue weighted by molar-refractivity contribution is -0.384. The Morgan fingerprint density at radius 2 is 1.83 bits per heavy atom. The standard InChI is InChI=1S/C19H13N5O5/c25-18(17-6-1-2-11-20-17)22-21-14-7-9-15(10-8-14)23-29-19(26)13-4-3-5-16(12-13)24(27)28/h1-12,23H. The summed E-state index contributed by atoms with van der Waals surface area (Å²) < 4.78 is 0. The van der Waals surface area contributed by atoms with Crippen LogP contribution < -0.4 is 5.48 Å². The summed E-state index contributed by atoms with van der Waals surface area (Å²) in [5.41, 5.74) is 3.28. The number of nitro groups is 1. The molecule has 10 nitrogen and oxygen atoms in total. The van der Waals surface area contributed by atoms with E-state index < -0.39 is 16.8 Å². The van der Waals surface area contributed by atoms with E-state index in [9.17, 15) is 19.7 Å². The highest BCUT2D eigenvalue weighted by Crippen LogP contribution is 2.18. The van der Waals surface area contributed by atoms with Gasteiger partial charge in [-0.1, -0.05) is 12.1 Å². The molecule has 0 aliphatic rings. The average molecular weight is 391 g/mol. The summed E-state index contributed by atoms with van der Waals surface area (Å²) in [4.78, 5) is 42.8. The fourth-order valence-corrected chi connectivity index (χ4v) is 2.15. The molecule has 2 aromatic carbocycles. The van der Waals surface area contributed by atoms with Crippen molar-refractivity contribution in [1.82, 2.24) is 4.98 Å².